The Morgan fingerprint density at radius 3 is 2.81 bits per heavy atom. The standard InChI is InChI=1S/C18H20N6OS/c1-18(2,3)17-19-10-14(26-17)16(25)20-12-6-4-5-11(9-12)15-21-22-23-24(15)13-7-8-13/h4-6,9-10,13H,7-8H2,1-3H3,(H,20,25). The Bertz CT molecular complexity index is 950. The molecule has 2 aromatic heterocycles. The molecule has 0 spiro atoms. The Morgan fingerprint density at radius 2 is 2.12 bits per heavy atom. The van der Waals surface area contributed by atoms with Gasteiger partial charge in [0.15, 0.2) is 5.82 Å². The van der Waals surface area contributed by atoms with Crippen molar-refractivity contribution in [3.05, 3.63) is 40.3 Å². The molecule has 0 unspecified atom stereocenters. The highest BCUT2D eigenvalue weighted by Crippen LogP contribution is 2.37. The number of carbonyl (C=O) groups is 1. The summed E-state index contributed by atoms with van der Waals surface area (Å²) in [5.74, 6) is 0.577. The molecule has 1 amide bonds. The number of nitrogens with zero attached hydrogens (tertiary/aromatic N) is 5. The quantitative estimate of drug-likeness (QED) is 0.759. The molecule has 7 nitrogen and oxygen atoms in total. The van der Waals surface area contributed by atoms with Gasteiger partial charge in [0.25, 0.3) is 5.91 Å². The van der Waals surface area contributed by atoms with Crippen LogP contribution in [0.4, 0.5) is 5.69 Å². The lowest BCUT2D eigenvalue weighted by Crippen LogP contribution is -2.11. The topological polar surface area (TPSA) is 85.6 Å². The van der Waals surface area contributed by atoms with Crippen LogP contribution in [0, 0.1) is 0 Å². The van der Waals surface area contributed by atoms with Crippen LogP contribution >= 0.6 is 11.3 Å². The van der Waals surface area contributed by atoms with Crippen molar-refractivity contribution in [1.29, 1.82) is 0 Å². The molecule has 3 aromatic rings. The normalized spacial score (nSPS) is 14.4. The number of hydrogen-bond acceptors (Lipinski definition) is 6. The van der Waals surface area contributed by atoms with Gasteiger partial charge in [0.1, 0.15) is 4.88 Å². The van der Waals surface area contributed by atoms with Gasteiger partial charge in [0.05, 0.1) is 17.2 Å². The Hall–Kier alpha value is -2.61. The molecule has 0 atom stereocenters. The lowest BCUT2D eigenvalue weighted by Gasteiger charge is -2.13. The number of rotatable bonds is 4. The maximum Gasteiger partial charge on any atom is 0.267 e. The van der Waals surface area contributed by atoms with Gasteiger partial charge in [-0.25, -0.2) is 9.67 Å². The number of amides is 1. The molecule has 0 saturated heterocycles. The van der Waals surface area contributed by atoms with E-state index in [-0.39, 0.29) is 11.3 Å². The summed E-state index contributed by atoms with van der Waals surface area (Å²) in [6, 6.07) is 7.99. The molecule has 4 rings (SSSR count). The third-order valence-corrected chi connectivity index (χ3v) is 5.56. The zero-order valence-corrected chi connectivity index (χ0v) is 15.7. The minimum atomic E-state index is -0.156. The molecule has 0 bridgehead atoms. The molecular formula is C18H20N6OS. The SMILES string of the molecule is CC(C)(C)c1ncc(C(=O)Nc2cccc(-c3nnnn3C3CC3)c2)s1. The lowest BCUT2D eigenvalue weighted by molar-refractivity contribution is 0.103. The van der Waals surface area contributed by atoms with Crippen molar-refractivity contribution >= 4 is 22.9 Å². The van der Waals surface area contributed by atoms with E-state index in [1.165, 1.54) is 11.3 Å². The summed E-state index contributed by atoms with van der Waals surface area (Å²) in [6.45, 7) is 6.25. The molecule has 1 N–H and O–H groups in total. The summed E-state index contributed by atoms with van der Waals surface area (Å²) in [4.78, 5) is 17.5. The monoisotopic (exact) mass is 368 g/mol. The minimum Gasteiger partial charge on any atom is -0.321 e. The fourth-order valence-corrected chi connectivity index (χ4v) is 3.47. The van der Waals surface area contributed by atoms with Gasteiger partial charge in [0, 0.05) is 16.7 Å². The molecule has 134 valence electrons. The second-order valence-electron chi connectivity index (χ2n) is 7.49. The van der Waals surface area contributed by atoms with Crippen molar-refractivity contribution in [3.63, 3.8) is 0 Å². The van der Waals surface area contributed by atoms with Gasteiger partial charge < -0.3 is 5.32 Å². The number of hydrogen-bond donors (Lipinski definition) is 1. The average molecular weight is 368 g/mol. The summed E-state index contributed by atoms with van der Waals surface area (Å²) < 4.78 is 1.86. The van der Waals surface area contributed by atoms with E-state index in [9.17, 15) is 4.79 Å². The van der Waals surface area contributed by atoms with Gasteiger partial charge in [-0.05, 0) is 35.4 Å². The van der Waals surface area contributed by atoms with Crippen molar-refractivity contribution in [2.75, 3.05) is 5.32 Å². The summed E-state index contributed by atoms with van der Waals surface area (Å²) in [5.41, 5.74) is 1.53. The molecular weight excluding hydrogens is 348 g/mol. The first-order valence-electron chi connectivity index (χ1n) is 8.58. The zero-order chi connectivity index (χ0) is 18.3. The molecule has 26 heavy (non-hydrogen) atoms. The Labute approximate surface area is 155 Å². The van der Waals surface area contributed by atoms with Crippen LogP contribution in [-0.4, -0.2) is 31.1 Å². The number of tetrazole rings is 1. The maximum atomic E-state index is 12.6. The van der Waals surface area contributed by atoms with Gasteiger partial charge >= 0.3 is 0 Å². The van der Waals surface area contributed by atoms with E-state index in [1.807, 2.05) is 28.9 Å². The lowest BCUT2D eigenvalue weighted by atomic mass is 9.98. The van der Waals surface area contributed by atoms with Crippen LogP contribution < -0.4 is 5.32 Å². The van der Waals surface area contributed by atoms with Crippen LogP contribution in [0.15, 0.2) is 30.5 Å². The van der Waals surface area contributed by atoms with Gasteiger partial charge in [0.2, 0.25) is 0 Å². The second kappa shape index (κ2) is 6.28. The predicted molar refractivity (Wildman–Crippen MR) is 100 cm³/mol. The van der Waals surface area contributed by atoms with Crippen LogP contribution in [0.3, 0.4) is 0 Å². The van der Waals surface area contributed by atoms with Crippen molar-refractivity contribution in [1.82, 2.24) is 25.2 Å². The van der Waals surface area contributed by atoms with Gasteiger partial charge in [-0.2, -0.15) is 0 Å². The van der Waals surface area contributed by atoms with Gasteiger partial charge in [-0.1, -0.05) is 32.9 Å². The summed E-state index contributed by atoms with van der Waals surface area (Å²) in [7, 11) is 0. The third kappa shape index (κ3) is 3.37. The second-order valence-corrected chi connectivity index (χ2v) is 8.52. The maximum absolute atomic E-state index is 12.6. The molecule has 1 aliphatic rings. The molecule has 1 aromatic carbocycles. The molecule has 2 heterocycles. The highest BCUT2D eigenvalue weighted by molar-refractivity contribution is 7.13. The fourth-order valence-electron chi connectivity index (χ4n) is 2.60. The van der Waals surface area contributed by atoms with E-state index in [1.54, 1.807) is 6.20 Å². The van der Waals surface area contributed by atoms with Crippen molar-refractivity contribution in [2.24, 2.45) is 0 Å². The zero-order valence-electron chi connectivity index (χ0n) is 14.9. The number of aromatic nitrogens is 5. The van der Waals surface area contributed by atoms with Crippen molar-refractivity contribution < 1.29 is 4.79 Å². The number of benzene rings is 1. The number of anilines is 1. The van der Waals surface area contributed by atoms with E-state index in [0.717, 1.165) is 29.2 Å². The van der Waals surface area contributed by atoms with E-state index in [2.05, 4.69) is 46.6 Å². The largest absolute Gasteiger partial charge is 0.321 e. The number of thiazole rings is 1. The predicted octanol–water partition coefficient (Wildman–Crippen LogP) is 3.68. The smallest absolute Gasteiger partial charge is 0.267 e. The van der Waals surface area contributed by atoms with Crippen LogP contribution in [0.25, 0.3) is 11.4 Å². The summed E-state index contributed by atoms with van der Waals surface area (Å²) >= 11 is 1.42. The molecule has 1 fully saturated rings. The highest BCUT2D eigenvalue weighted by Gasteiger charge is 2.28. The molecule has 0 radical (unpaired) electrons. The first kappa shape index (κ1) is 16.8. The first-order valence-corrected chi connectivity index (χ1v) is 9.39. The van der Waals surface area contributed by atoms with E-state index in [4.69, 9.17) is 0 Å². The minimum absolute atomic E-state index is 0.0665. The highest BCUT2D eigenvalue weighted by atomic mass is 32.1. The Kier molecular flexibility index (Phi) is 4.07. The van der Waals surface area contributed by atoms with Crippen LogP contribution in [0.5, 0.6) is 0 Å². The van der Waals surface area contributed by atoms with Crippen LogP contribution in [-0.2, 0) is 5.41 Å². The fraction of sp³-hybridized carbons (Fsp3) is 0.389. The molecule has 8 heteroatoms. The molecule has 1 aliphatic carbocycles. The number of carbonyl (C=O) groups excluding carboxylic acids is 1. The van der Waals surface area contributed by atoms with Crippen molar-refractivity contribution in [2.45, 2.75) is 45.1 Å². The van der Waals surface area contributed by atoms with Crippen LogP contribution in [0.2, 0.25) is 0 Å². The van der Waals surface area contributed by atoms with E-state index >= 15 is 0 Å². The molecule has 1 saturated carbocycles. The Morgan fingerprint density at radius 1 is 1.31 bits per heavy atom. The van der Waals surface area contributed by atoms with Crippen molar-refractivity contribution in [3.8, 4) is 11.4 Å². The first-order chi connectivity index (χ1) is 12.4. The van der Waals surface area contributed by atoms with Gasteiger partial charge in [-0.3, -0.25) is 4.79 Å². The van der Waals surface area contributed by atoms with E-state index in [0.29, 0.717) is 16.6 Å². The number of nitrogens with one attached hydrogen (secondary N) is 1. The summed E-state index contributed by atoms with van der Waals surface area (Å²) in [6.07, 6.45) is 3.85. The van der Waals surface area contributed by atoms with Crippen LogP contribution in [0.1, 0.15) is 54.3 Å². The van der Waals surface area contributed by atoms with Gasteiger partial charge in [-0.15, -0.1) is 16.4 Å². The Balaban J connectivity index is 1.54. The summed E-state index contributed by atoms with van der Waals surface area (Å²) in [5, 5.41) is 15.9. The molecule has 0 aliphatic heterocycles. The third-order valence-electron chi connectivity index (χ3n) is 4.14. The average Bonchev–Trinajstić information content (AvgIpc) is 3.12. The van der Waals surface area contributed by atoms with E-state index < -0.39 is 0 Å².